The summed E-state index contributed by atoms with van der Waals surface area (Å²) in [5, 5.41) is 0. The van der Waals surface area contributed by atoms with Crippen molar-refractivity contribution in [1.82, 2.24) is 0 Å². The highest BCUT2D eigenvalue weighted by Gasteiger charge is 2.24. The van der Waals surface area contributed by atoms with Crippen LogP contribution in [-0.2, 0) is 9.53 Å². The summed E-state index contributed by atoms with van der Waals surface area (Å²) in [5.74, 6) is -0.445. The zero-order chi connectivity index (χ0) is 20.2. The second kappa shape index (κ2) is 7.94. The molecule has 0 radical (unpaired) electrons. The summed E-state index contributed by atoms with van der Waals surface area (Å²) in [5.41, 5.74) is 2.95. The Morgan fingerprint density at radius 2 is 1.62 bits per heavy atom. The number of aryl methyl sites for hydroxylation is 1. The summed E-state index contributed by atoms with van der Waals surface area (Å²) in [7, 11) is 0. The van der Waals surface area contributed by atoms with E-state index in [1.54, 1.807) is 54.6 Å². The van der Waals surface area contributed by atoms with Crippen LogP contribution < -0.4 is 4.74 Å². The predicted molar refractivity (Wildman–Crippen MR) is 110 cm³/mol. The second-order valence-electron chi connectivity index (χ2n) is 6.50. The second-order valence-corrected chi connectivity index (χ2v) is 6.50. The molecule has 1 aliphatic rings. The van der Waals surface area contributed by atoms with E-state index in [1.165, 1.54) is 0 Å². The molecule has 0 aliphatic carbocycles. The lowest BCUT2D eigenvalue weighted by molar-refractivity contribution is -0.129. The number of hydrogen-bond donors (Lipinski definition) is 0. The van der Waals surface area contributed by atoms with Gasteiger partial charge in [0, 0.05) is 11.1 Å². The first-order chi connectivity index (χ1) is 14.1. The average Bonchev–Trinajstić information content (AvgIpc) is 3.11. The molecule has 0 saturated heterocycles. The molecule has 3 aromatic carbocycles. The van der Waals surface area contributed by atoms with Crippen LogP contribution in [0.2, 0.25) is 0 Å². The number of hydrogen-bond acceptors (Lipinski definition) is 5. The highest BCUT2D eigenvalue weighted by atomic mass is 16.6. The minimum Gasteiger partial charge on any atom is -0.422 e. The molecule has 0 aromatic heterocycles. The maximum absolute atomic E-state index is 12.4. The summed E-state index contributed by atoms with van der Waals surface area (Å²) >= 11 is 0. The summed E-state index contributed by atoms with van der Waals surface area (Å²) in [4.78, 5) is 28.9. The largest absolute Gasteiger partial charge is 0.422 e. The van der Waals surface area contributed by atoms with E-state index in [1.807, 2.05) is 37.3 Å². The third kappa shape index (κ3) is 4.14. The molecular weight excluding hydrogens is 366 g/mol. The molecule has 0 atom stereocenters. The van der Waals surface area contributed by atoms with Gasteiger partial charge in [-0.05, 0) is 43.3 Å². The maximum atomic E-state index is 12.4. The van der Waals surface area contributed by atoms with Crippen LogP contribution in [0.1, 0.15) is 27.0 Å². The lowest BCUT2D eigenvalue weighted by Gasteiger charge is -2.07. The quantitative estimate of drug-likeness (QED) is 0.376. The number of para-hydroxylation sites is 1. The van der Waals surface area contributed by atoms with Gasteiger partial charge in [0.05, 0.1) is 5.56 Å². The van der Waals surface area contributed by atoms with Crippen LogP contribution in [0.25, 0.3) is 6.08 Å². The molecule has 5 nitrogen and oxygen atoms in total. The minimum atomic E-state index is -0.551. The number of nitrogens with zero attached hydrogens (tertiary/aromatic N) is 1. The number of carbonyl (C=O) groups is 2. The predicted octanol–water partition coefficient (Wildman–Crippen LogP) is 4.56. The fourth-order valence-electron chi connectivity index (χ4n) is 2.80. The molecule has 0 spiro atoms. The Kier molecular flexibility index (Phi) is 5.03. The van der Waals surface area contributed by atoms with Crippen molar-refractivity contribution in [2.24, 2.45) is 4.99 Å². The molecule has 1 heterocycles. The maximum Gasteiger partial charge on any atom is 0.363 e. The van der Waals surface area contributed by atoms with E-state index < -0.39 is 11.9 Å². The van der Waals surface area contributed by atoms with Crippen molar-refractivity contribution >= 4 is 23.9 Å². The highest BCUT2D eigenvalue weighted by Crippen LogP contribution is 2.25. The third-order valence-corrected chi connectivity index (χ3v) is 4.34. The van der Waals surface area contributed by atoms with E-state index in [-0.39, 0.29) is 11.6 Å². The first-order valence-electron chi connectivity index (χ1n) is 9.06. The number of rotatable bonds is 4. The molecule has 0 saturated carbocycles. The molecule has 142 valence electrons. The Morgan fingerprint density at radius 3 is 2.38 bits per heavy atom. The molecule has 4 rings (SSSR count). The van der Waals surface area contributed by atoms with E-state index in [9.17, 15) is 9.59 Å². The number of ether oxygens (including phenoxy) is 2. The van der Waals surface area contributed by atoms with Crippen LogP contribution in [0.15, 0.2) is 89.6 Å². The molecule has 0 bridgehead atoms. The van der Waals surface area contributed by atoms with Gasteiger partial charge in [-0.3, -0.25) is 0 Å². The Balaban J connectivity index is 1.62. The number of benzene rings is 3. The van der Waals surface area contributed by atoms with Crippen LogP contribution in [0, 0.1) is 6.92 Å². The van der Waals surface area contributed by atoms with E-state index in [2.05, 4.69) is 4.99 Å². The SMILES string of the molecule is Cc1ccc(C2=N/C(=C/c3ccccc3OC(=O)c3ccccc3)C(=O)O2)cc1. The fourth-order valence-corrected chi connectivity index (χ4v) is 2.80. The number of carbonyl (C=O) groups excluding carboxylic acids is 2. The zero-order valence-electron chi connectivity index (χ0n) is 15.7. The number of cyclic esters (lactones) is 1. The number of esters is 2. The van der Waals surface area contributed by atoms with Crippen molar-refractivity contribution in [3.63, 3.8) is 0 Å². The van der Waals surface area contributed by atoms with Crippen molar-refractivity contribution in [2.75, 3.05) is 0 Å². The lowest BCUT2D eigenvalue weighted by atomic mass is 10.1. The normalized spacial score (nSPS) is 14.4. The van der Waals surface area contributed by atoms with Crippen molar-refractivity contribution in [2.45, 2.75) is 6.92 Å². The molecule has 0 amide bonds. The average molecular weight is 383 g/mol. The number of aliphatic imine (C=N–C) groups is 1. The van der Waals surface area contributed by atoms with Crippen LogP contribution in [-0.4, -0.2) is 17.8 Å². The monoisotopic (exact) mass is 383 g/mol. The minimum absolute atomic E-state index is 0.142. The van der Waals surface area contributed by atoms with Gasteiger partial charge in [-0.15, -0.1) is 0 Å². The molecule has 29 heavy (non-hydrogen) atoms. The van der Waals surface area contributed by atoms with Gasteiger partial charge in [-0.25, -0.2) is 14.6 Å². The Labute approximate surface area is 167 Å². The smallest absolute Gasteiger partial charge is 0.363 e. The highest BCUT2D eigenvalue weighted by molar-refractivity contribution is 6.13. The Morgan fingerprint density at radius 1 is 0.931 bits per heavy atom. The van der Waals surface area contributed by atoms with Crippen LogP contribution >= 0.6 is 0 Å². The fraction of sp³-hybridized carbons (Fsp3) is 0.0417. The topological polar surface area (TPSA) is 65.0 Å². The van der Waals surface area contributed by atoms with Gasteiger partial charge in [0.2, 0.25) is 5.90 Å². The van der Waals surface area contributed by atoms with E-state index >= 15 is 0 Å². The van der Waals surface area contributed by atoms with Gasteiger partial charge in [0.25, 0.3) is 0 Å². The summed E-state index contributed by atoms with van der Waals surface area (Å²) < 4.78 is 10.8. The van der Waals surface area contributed by atoms with E-state index in [0.29, 0.717) is 16.9 Å². The molecular formula is C24H17NO4. The van der Waals surface area contributed by atoms with Crippen molar-refractivity contribution in [3.05, 3.63) is 107 Å². The van der Waals surface area contributed by atoms with E-state index in [0.717, 1.165) is 11.1 Å². The van der Waals surface area contributed by atoms with Gasteiger partial charge in [0.1, 0.15) is 5.75 Å². The van der Waals surface area contributed by atoms with Crippen molar-refractivity contribution < 1.29 is 19.1 Å². The van der Waals surface area contributed by atoms with Gasteiger partial charge < -0.3 is 9.47 Å². The van der Waals surface area contributed by atoms with Gasteiger partial charge in [-0.1, -0.05) is 54.1 Å². The first kappa shape index (κ1) is 18.4. The molecule has 0 fully saturated rings. The molecule has 5 heteroatoms. The van der Waals surface area contributed by atoms with Crippen molar-refractivity contribution in [1.29, 1.82) is 0 Å². The standard InChI is InChI=1S/C24H17NO4/c1-16-11-13-17(14-12-16)22-25-20(24(27)29-22)15-19-9-5-6-10-21(19)28-23(26)18-7-3-2-4-8-18/h2-15H,1H3/b20-15+. The Bertz CT molecular complexity index is 1130. The van der Waals surface area contributed by atoms with Crippen LogP contribution in [0.5, 0.6) is 5.75 Å². The van der Waals surface area contributed by atoms with Gasteiger partial charge in [0.15, 0.2) is 5.70 Å². The molecule has 0 N–H and O–H groups in total. The summed E-state index contributed by atoms with van der Waals surface area (Å²) in [6, 6.07) is 23.2. The van der Waals surface area contributed by atoms with Gasteiger partial charge in [-0.2, -0.15) is 0 Å². The third-order valence-electron chi connectivity index (χ3n) is 4.34. The summed E-state index contributed by atoms with van der Waals surface area (Å²) in [6.45, 7) is 1.98. The van der Waals surface area contributed by atoms with Crippen LogP contribution in [0.3, 0.4) is 0 Å². The molecule has 3 aromatic rings. The summed E-state index contributed by atoms with van der Waals surface area (Å²) in [6.07, 6.45) is 1.55. The lowest BCUT2D eigenvalue weighted by Crippen LogP contribution is -2.09. The molecule has 0 unspecified atom stereocenters. The molecule has 1 aliphatic heterocycles. The first-order valence-corrected chi connectivity index (χ1v) is 9.06. The Hall–Kier alpha value is -3.99. The zero-order valence-corrected chi connectivity index (χ0v) is 15.7. The van der Waals surface area contributed by atoms with E-state index in [4.69, 9.17) is 9.47 Å². The van der Waals surface area contributed by atoms with Gasteiger partial charge >= 0.3 is 11.9 Å². The van der Waals surface area contributed by atoms with Crippen LogP contribution in [0.4, 0.5) is 0 Å². The van der Waals surface area contributed by atoms with Crippen molar-refractivity contribution in [3.8, 4) is 5.75 Å².